The molecule has 0 amide bonds. The van der Waals surface area contributed by atoms with Crippen molar-refractivity contribution in [2.75, 3.05) is 18.5 Å². The Morgan fingerprint density at radius 1 is 1.24 bits per heavy atom. The van der Waals surface area contributed by atoms with Crippen LogP contribution in [0.1, 0.15) is 30.0 Å². The molecule has 3 aromatic rings. The molecule has 0 aliphatic heterocycles. The van der Waals surface area contributed by atoms with E-state index >= 15 is 0 Å². The Kier molecular flexibility index (Phi) is 5.18. The summed E-state index contributed by atoms with van der Waals surface area (Å²) in [7, 11) is 0. The number of fused-ring (bicyclic) bond motifs is 1. The number of furan rings is 1. The second kappa shape index (κ2) is 7.70. The lowest BCUT2D eigenvalue weighted by molar-refractivity contribution is -0.344. The fourth-order valence-electron chi connectivity index (χ4n) is 2.63. The van der Waals surface area contributed by atoms with Crippen LogP contribution in [0, 0.1) is 0 Å². The van der Waals surface area contributed by atoms with Crippen molar-refractivity contribution in [1.29, 1.82) is 0 Å². The summed E-state index contributed by atoms with van der Waals surface area (Å²) in [5, 5.41) is 4.15. The van der Waals surface area contributed by atoms with Gasteiger partial charge in [0.2, 0.25) is 5.52 Å². The summed E-state index contributed by atoms with van der Waals surface area (Å²) >= 11 is 0. The van der Waals surface area contributed by atoms with Gasteiger partial charge in [-0.2, -0.15) is 0 Å². The number of carbonyl (C=O) groups is 1. The minimum Gasteiger partial charge on any atom is -0.494 e. The van der Waals surface area contributed by atoms with Crippen molar-refractivity contribution in [2.24, 2.45) is 0 Å². The number of aromatic nitrogens is 1. The van der Waals surface area contributed by atoms with Crippen molar-refractivity contribution in [3.05, 3.63) is 54.1 Å². The fourth-order valence-corrected chi connectivity index (χ4v) is 2.63. The zero-order valence-electron chi connectivity index (χ0n) is 14.3. The van der Waals surface area contributed by atoms with Gasteiger partial charge in [-0.1, -0.05) is 0 Å². The third-order valence-corrected chi connectivity index (χ3v) is 3.73. The van der Waals surface area contributed by atoms with Gasteiger partial charge >= 0.3 is 5.97 Å². The molecule has 0 bridgehead atoms. The quantitative estimate of drug-likeness (QED) is 0.666. The number of aromatic amines is 1. The molecule has 0 unspecified atom stereocenters. The summed E-state index contributed by atoms with van der Waals surface area (Å²) in [6, 6.07) is 9.42. The van der Waals surface area contributed by atoms with Crippen LogP contribution in [0.5, 0.6) is 5.75 Å². The highest BCUT2D eigenvalue weighted by molar-refractivity contribution is 6.04. The van der Waals surface area contributed by atoms with Crippen molar-refractivity contribution in [1.82, 2.24) is 0 Å². The maximum Gasteiger partial charge on any atom is 0.346 e. The molecule has 130 valence electrons. The van der Waals surface area contributed by atoms with E-state index in [0.29, 0.717) is 31.0 Å². The Labute approximate surface area is 145 Å². The number of H-pyrrole nitrogens is 1. The first kappa shape index (κ1) is 16.8. The SMILES string of the molecule is CCOC(=O)c1c[nH+]c2ccc(OCC)cc2c1NCc1ccco1. The predicted molar refractivity (Wildman–Crippen MR) is 93.7 cm³/mol. The van der Waals surface area contributed by atoms with Gasteiger partial charge in [0.15, 0.2) is 6.20 Å². The van der Waals surface area contributed by atoms with Crippen LogP contribution >= 0.6 is 0 Å². The van der Waals surface area contributed by atoms with E-state index < -0.39 is 0 Å². The molecule has 0 saturated heterocycles. The largest absolute Gasteiger partial charge is 0.494 e. The molecule has 0 atom stereocenters. The molecule has 0 saturated carbocycles. The van der Waals surface area contributed by atoms with Crippen molar-refractivity contribution in [3.8, 4) is 5.75 Å². The lowest BCUT2D eigenvalue weighted by atomic mass is 10.1. The van der Waals surface area contributed by atoms with Crippen molar-refractivity contribution in [3.63, 3.8) is 0 Å². The van der Waals surface area contributed by atoms with Crippen LogP contribution in [0.4, 0.5) is 5.69 Å². The topological polar surface area (TPSA) is 74.8 Å². The molecule has 3 rings (SSSR count). The zero-order chi connectivity index (χ0) is 17.6. The van der Waals surface area contributed by atoms with E-state index in [1.54, 1.807) is 19.4 Å². The average Bonchev–Trinajstić information content (AvgIpc) is 3.13. The number of hydrogen-bond donors (Lipinski definition) is 1. The van der Waals surface area contributed by atoms with Gasteiger partial charge in [-0.3, -0.25) is 0 Å². The first-order valence-electron chi connectivity index (χ1n) is 8.27. The summed E-state index contributed by atoms with van der Waals surface area (Å²) < 4.78 is 16.1. The average molecular weight is 341 g/mol. The molecule has 1 aromatic carbocycles. The minimum atomic E-state index is -0.385. The Bertz CT molecular complexity index is 859. The smallest absolute Gasteiger partial charge is 0.346 e. The lowest BCUT2D eigenvalue weighted by Crippen LogP contribution is -2.16. The maximum absolute atomic E-state index is 12.3. The predicted octanol–water partition coefficient (Wildman–Crippen LogP) is 3.43. The van der Waals surface area contributed by atoms with Crippen molar-refractivity contribution < 1.29 is 23.7 Å². The fraction of sp³-hybridized carbons (Fsp3) is 0.263. The third kappa shape index (κ3) is 3.74. The monoisotopic (exact) mass is 341 g/mol. The highest BCUT2D eigenvalue weighted by Gasteiger charge is 2.21. The van der Waals surface area contributed by atoms with Crippen LogP contribution in [-0.4, -0.2) is 19.2 Å². The Morgan fingerprint density at radius 2 is 2.12 bits per heavy atom. The molecule has 2 heterocycles. The van der Waals surface area contributed by atoms with Gasteiger partial charge in [0.05, 0.1) is 37.1 Å². The molecule has 2 N–H and O–H groups in total. The minimum absolute atomic E-state index is 0.313. The normalized spacial score (nSPS) is 10.6. The van der Waals surface area contributed by atoms with Gasteiger partial charge in [0.25, 0.3) is 0 Å². The Morgan fingerprint density at radius 3 is 2.84 bits per heavy atom. The molecule has 2 aromatic heterocycles. The van der Waals surface area contributed by atoms with Gasteiger partial charge in [-0.15, -0.1) is 0 Å². The van der Waals surface area contributed by atoms with E-state index in [-0.39, 0.29) is 5.97 Å². The van der Waals surface area contributed by atoms with E-state index in [0.717, 1.165) is 22.4 Å². The number of ether oxygens (including phenoxy) is 2. The van der Waals surface area contributed by atoms with Gasteiger partial charge < -0.3 is 19.2 Å². The van der Waals surface area contributed by atoms with E-state index in [9.17, 15) is 4.79 Å². The first-order valence-corrected chi connectivity index (χ1v) is 8.27. The van der Waals surface area contributed by atoms with Crippen LogP contribution < -0.4 is 15.0 Å². The molecular weight excluding hydrogens is 320 g/mol. The van der Waals surface area contributed by atoms with Gasteiger partial charge in [-0.05, 0) is 38.1 Å². The number of hydrogen-bond acceptors (Lipinski definition) is 5. The van der Waals surface area contributed by atoms with Gasteiger partial charge in [0.1, 0.15) is 17.1 Å². The van der Waals surface area contributed by atoms with E-state index in [4.69, 9.17) is 13.9 Å². The second-order valence-electron chi connectivity index (χ2n) is 5.37. The summed E-state index contributed by atoms with van der Waals surface area (Å²) in [4.78, 5) is 15.5. The van der Waals surface area contributed by atoms with E-state index in [1.807, 2.05) is 37.3 Å². The highest BCUT2D eigenvalue weighted by atomic mass is 16.5. The van der Waals surface area contributed by atoms with Gasteiger partial charge in [0, 0.05) is 6.07 Å². The Balaban J connectivity index is 2.05. The second-order valence-corrected chi connectivity index (χ2v) is 5.37. The van der Waals surface area contributed by atoms with Crippen LogP contribution in [0.2, 0.25) is 0 Å². The number of anilines is 1. The van der Waals surface area contributed by atoms with Crippen LogP contribution in [0.25, 0.3) is 10.9 Å². The standard InChI is InChI=1S/C19H20N2O4/c1-3-23-13-7-8-17-15(10-13)18(21-11-14-6-5-9-25-14)16(12-20-17)19(22)24-4-2/h5-10,12H,3-4,11H2,1-2H3,(H,20,21)/p+1. The van der Waals surface area contributed by atoms with Gasteiger partial charge in [-0.25, -0.2) is 9.78 Å². The van der Waals surface area contributed by atoms with Crippen molar-refractivity contribution in [2.45, 2.75) is 20.4 Å². The molecule has 0 aliphatic carbocycles. The maximum atomic E-state index is 12.3. The molecule has 0 fully saturated rings. The highest BCUT2D eigenvalue weighted by Crippen LogP contribution is 2.29. The molecule has 25 heavy (non-hydrogen) atoms. The number of rotatable bonds is 7. The third-order valence-electron chi connectivity index (χ3n) is 3.73. The summed E-state index contributed by atoms with van der Waals surface area (Å²) in [5.74, 6) is 1.13. The molecule has 0 radical (unpaired) electrons. The van der Waals surface area contributed by atoms with E-state index in [1.165, 1.54) is 0 Å². The van der Waals surface area contributed by atoms with Crippen LogP contribution in [0.3, 0.4) is 0 Å². The molecule has 6 heteroatoms. The number of nitrogens with one attached hydrogen (secondary N) is 2. The molecule has 6 nitrogen and oxygen atoms in total. The summed E-state index contributed by atoms with van der Waals surface area (Å²) in [5.41, 5.74) is 2.01. The van der Waals surface area contributed by atoms with E-state index in [2.05, 4.69) is 10.3 Å². The summed E-state index contributed by atoms with van der Waals surface area (Å²) in [6.07, 6.45) is 3.28. The molecule has 0 aliphatic rings. The molecular formula is C19H21N2O4+. The summed E-state index contributed by atoms with van der Waals surface area (Å²) in [6.45, 7) is 5.06. The lowest BCUT2D eigenvalue weighted by Gasteiger charge is -2.12. The van der Waals surface area contributed by atoms with Crippen molar-refractivity contribution >= 4 is 22.6 Å². The number of pyridine rings is 1. The van der Waals surface area contributed by atoms with Crippen LogP contribution in [-0.2, 0) is 11.3 Å². The Hall–Kier alpha value is -3.02. The number of benzene rings is 1. The molecule has 0 spiro atoms. The number of carbonyl (C=O) groups excluding carboxylic acids is 1. The first-order chi connectivity index (χ1) is 12.2. The zero-order valence-corrected chi connectivity index (χ0v) is 14.3. The van der Waals surface area contributed by atoms with Crippen LogP contribution in [0.15, 0.2) is 47.2 Å². The number of esters is 1.